The van der Waals surface area contributed by atoms with Crippen LogP contribution in [0.2, 0.25) is 0 Å². The highest BCUT2D eigenvalue weighted by atomic mass is 16.6. The maximum Gasteiger partial charge on any atom is 0.414 e. The van der Waals surface area contributed by atoms with Crippen LogP contribution in [0.4, 0.5) is 21.0 Å². The van der Waals surface area contributed by atoms with Gasteiger partial charge in [0, 0.05) is 26.7 Å². The zero-order valence-electron chi connectivity index (χ0n) is 22.3. The molecule has 198 valence electrons. The Kier molecular flexibility index (Phi) is 8.42. The van der Waals surface area contributed by atoms with Crippen molar-refractivity contribution in [1.82, 2.24) is 9.80 Å². The van der Waals surface area contributed by atoms with Crippen molar-refractivity contribution in [2.75, 3.05) is 51.1 Å². The maximum atomic E-state index is 12.9. The van der Waals surface area contributed by atoms with Crippen molar-refractivity contribution >= 4 is 35.4 Å². The summed E-state index contributed by atoms with van der Waals surface area (Å²) < 4.78 is 10.4. The second kappa shape index (κ2) is 11.3. The fourth-order valence-corrected chi connectivity index (χ4v) is 4.06. The number of hydrogen-bond donors (Lipinski definition) is 0. The molecule has 1 aliphatic rings. The Labute approximate surface area is 217 Å². The Morgan fingerprint density at radius 1 is 0.946 bits per heavy atom. The number of nitrogens with zero attached hydrogens (tertiary/aromatic N) is 4. The molecule has 4 amide bonds. The average Bonchev–Trinajstić information content (AvgIpc) is 2.86. The Hall–Kier alpha value is -4.08. The van der Waals surface area contributed by atoms with Crippen molar-refractivity contribution in [3.63, 3.8) is 0 Å². The van der Waals surface area contributed by atoms with Gasteiger partial charge in [-0.2, -0.15) is 0 Å². The van der Waals surface area contributed by atoms with Crippen LogP contribution in [-0.2, 0) is 14.3 Å². The second-order valence-electron chi connectivity index (χ2n) is 9.46. The van der Waals surface area contributed by atoms with Crippen LogP contribution in [-0.4, -0.2) is 87.3 Å². The number of benzene rings is 2. The molecule has 10 heteroatoms. The minimum atomic E-state index is -0.516. The zero-order chi connectivity index (χ0) is 27.4. The summed E-state index contributed by atoms with van der Waals surface area (Å²) in [7, 11) is 6.19. The van der Waals surface area contributed by atoms with Crippen LogP contribution < -0.4 is 9.80 Å². The van der Waals surface area contributed by atoms with E-state index in [2.05, 4.69) is 0 Å². The first-order chi connectivity index (χ1) is 17.4. The predicted octanol–water partition coefficient (Wildman–Crippen LogP) is 3.84. The molecular weight excluding hydrogens is 476 g/mol. The highest BCUT2D eigenvalue weighted by Crippen LogP contribution is 2.39. The van der Waals surface area contributed by atoms with Crippen molar-refractivity contribution in [3.8, 4) is 11.1 Å². The van der Waals surface area contributed by atoms with Crippen LogP contribution in [0, 0.1) is 0 Å². The Bertz CT molecular complexity index is 1180. The average molecular weight is 511 g/mol. The van der Waals surface area contributed by atoms with E-state index in [0.29, 0.717) is 16.9 Å². The summed E-state index contributed by atoms with van der Waals surface area (Å²) in [5, 5.41) is 0. The van der Waals surface area contributed by atoms with Gasteiger partial charge in [0.2, 0.25) is 5.91 Å². The van der Waals surface area contributed by atoms with E-state index >= 15 is 0 Å². The van der Waals surface area contributed by atoms with Crippen LogP contribution in [0.25, 0.3) is 11.1 Å². The van der Waals surface area contributed by atoms with Crippen LogP contribution in [0.15, 0.2) is 42.5 Å². The minimum absolute atomic E-state index is 0.0180. The summed E-state index contributed by atoms with van der Waals surface area (Å²) in [6.07, 6.45) is -1.32. The number of likely N-dealkylation sites (N-methyl/N-ethyl adjacent to an activating group) is 2. The van der Waals surface area contributed by atoms with Gasteiger partial charge in [-0.25, -0.2) is 9.59 Å². The molecule has 37 heavy (non-hydrogen) atoms. The lowest BCUT2D eigenvalue weighted by Crippen LogP contribution is -2.52. The van der Waals surface area contributed by atoms with Crippen LogP contribution >= 0.6 is 0 Å². The van der Waals surface area contributed by atoms with Crippen molar-refractivity contribution < 1.29 is 28.7 Å². The van der Waals surface area contributed by atoms with E-state index in [4.69, 9.17) is 9.47 Å². The lowest BCUT2D eigenvalue weighted by atomic mass is 10.00. The third kappa shape index (κ3) is 6.02. The molecule has 0 radical (unpaired) electrons. The zero-order valence-corrected chi connectivity index (χ0v) is 22.3. The summed E-state index contributed by atoms with van der Waals surface area (Å²) in [6.45, 7) is 5.61. The third-order valence-electron chi connectivity index (χ3n) is 6.02. The molecule has 2 aromatic rings. The van der Waals surface area contributed by atoms with E-state index in [9.17, 15) is 19.2 Å². The number of rotatable bonds is 5. The number of methoxy groups -OCH3 is 1. The van der Waals surface area contributed by atoms with E-state index in [1.807, 2.05) is 19.1 Å². The highest BCUT2D eigenvalue weighted by molar-refractivity contribution is 6.02. The number of hydrogen-bond acceptors (Lipinski definition) is 6. The summed E-state index contributed by atoms with van der Waals surface area (Å²) in [5.74, 6) is -0.435. The molecule has 0 saturated heterocycles. The largest absolute Gasteiger partial charge is 0.452 e. The molecule has 0 fully saturated rings. The molecule has 0 aromatic heterocycles. The Balaban J connectivity index is 1.94. The molecular formula is C27H34N4O6. The van der Waals surface area contributed by atoms with Crippen LogP contribution in [0.1, 0.15) is 31.1 Å². The smallest absolute Gasteiger partial charge is 0.414 e. The third-order valence-corrected chi connectivity index (χ3v) is 6.02. The standard InChI is InChI=1S/C27H34N4O6/c1-17(2)37-26(34)30-15-18(3)31(27(35)36-7)22-13-12-21(14-23(22)30)19-8-10-20(11-9-19)25(33)29(6)16-24(32)28(4)5/h8-14,17-18H,15-16H2,1-7H3/t18-/m0/s1. The first kappa shape index (κ1) is 27.5. The van der Waals surface area contributed by atoms with Gasteiger partial charge < -0.3 is 19.3 Å². The van der Waals surface area contributed by atoms with Gasteiger partial charge in [-0.15, -0.1) is 0 Å². The first-order valence-corrected chi connectivity index (χ1v) is 12.0. The van der Waals surface area contributed by atoms with Gasteiger partial charge >= 0.3 is 12.2 Å². The molecule has 0 bridgehead atoms. The molecule has 2 aromatic carbocycles. The summed E-state index contributed by atoms with van der Waals surface area (Å²) >= 11 is 0. The Morgan fingerprint density at radius 2 is 1.57 bits per heavy atom. The SMILES string of the molecule is COC(=O)N1c2ccc(-c3ccc(C(=O)N(C)CC(=O)N(C)C)cc3)cc2N(C(=O)OC(C)C)C[C@@H]1C. The van der Waals surface area contributed by atoms with E-state index < -0.39 is 12.2 Å². The number of carbonyl (C=O) groups is 4. The second-order valence-corrected chi connectivity index (χ2v) is 9.46. The summed E-state index contributed by atoms with van der Waals surface area (Å²) in [5.41, 5.74) is 3.11. The molecule has 10 nitrogen and oxygen atoms in total. The number of amides is 4. The van der Waals surface area contributed by atoms with E-state index in [1.54, 1.807) is 65.3 Å². The highest BCUT2D eigenvalue weighted by Gasteiger charge is 2.36. The van der Waals surface area contributed by atoms with Crippen LogP contribution in [0.5, 0.6) is 0 Å². The quantitative estimate of drug-likeness (QED) is 0.606. The molecule has 1 heterocycles. The lowest BCUT2D eigenvalue weighted by molar-refractivity contribution is -0.129. The molecule has 1 atom stereocenters. The number of fused-ring (bicyclic) bond motifs is 1. The molecule has 0 saturated carbocycles. The van der Waals surface area contributed by atoms with Crippen molar-refractivity contribution in [1.29, 1.82) is 0 Å². The van der Waals surface area contributed by atoms with Gasteiger partial charge in [0.15, 0.2) is 0 Å². The van der Waals surface area contributed by atoms with Gasteiger partial charge in [0.25, 0.3) is 5.91 Å². The number of ether oxygens (including phenoxy) is 2. The molecule has 0 aliphatic carbocycles. The number of anilines is 2. The topological polar surface area (TPSA) is 99.7 Å². The lowest BCUT2D eigenvalue weighted by Gasteiger charge is -2.40. The summed E-state index contributed by atoms with van der Waals surface area (Å²) in [4.78, 5) is 56.0. The van der Waals surface area contributed by atoms with Gasteiger partial charge in [-0.3, -0.25) is 19.4 Å². The molecule has 3 rings (SSSR count). The fraction of sp³-hybridized carbons (Fsp3) is 0.407. The molecule has 0 N–H and O–H groups in total. The van der Waals surface area contributed by atoms with Crippen LogP contribution in [0.3, 0.4) is 0 Å². The molecule has 0 spiro atoms. The van der Waals surface area contributed by atoms with E-state index in [-0.39, 0.29) is 37.0 Å². The molecule has 0 unspecified atom stereocenters. The monoisotopic (exact) mass is 510 g/mol. The molecule has 1 aliphatic heterocycles. The Morgan fingerprint density at radius 3 is 2.14 bits per heavy atom. The van der Waals surface area contributed by atoms with Crippen molar-refractivity contribution in [3.05, 3.63) is 48.0 Å². The maximum absolute atomic E-state index is 12.9. The van der Waals surface area contributed by atoms with Crippen molar-refractivity contribution in [2.45, 2.75) is 32.9 Å². The summed E-state index contributed by atoms with van der Waals surface area (Å²) in [6, 6.07) is 12.1. The first-order valence-electron chi connectivity index (χ1n) is 12.0. The van der Waals surface area contributed by atoms with E-state index in [0.717, 1.165) is 11.1 Å². The van der Waals surface area contributed by atoms with Crippen molar-refractivity contribution in [2.24, 2.45) is 0 Å². The normalized spacial score (nSPS) is 14.6. The fourth-order valence-electron chi connectivity index (χ4n) is 4.06. The predicted molar refractivity (Wildman–Crippen MR) is 141 cm³/mol. The van der Waals surface area contributed by atoms with Gasteiger partial charge in [-0.05, 0) is 56.2 Å². The number of carbonyl (C=O) groups excluding carboxylic acids is 4. The van der Waals surface area contributed by atoms with Gasteiger partial charge in [0.1, 0.15) is 0 Å². The minimum Gasteiger partial charge on any atom is -0.452 e. The van der Waals surface area contributed by atoms with E-state index in [1.165, 1.54) is 26.7 Å². The van der Waals surface area contributed by atoms with Gasteiger partial charge in [0.05, 0.1) is 43.7 Å². The van der Waals surface area contributed by atoms with Gasteiger partial charge in [-0.1, -0.05) is 18.2 Å².